The summed E-state index contributed by atoms with van der Waals surface area (Å²) in [6, 6.07) is 0.0483. The van der Waals surface area contributed by atoms with Gasteiger partial charge in [0.1, 0.15) is 10.3 Å². The molecular formula is C16H23BrN4O3. The SMILES string of the molecule is Cc1nc(N2CCC3(CCC[C@H]3NC(=O)O)CC2)c(CO)nc1Br. The van der Waals surface area contributed by atoms with E-state index in [1.807, 2.05) is 6.92 Å². The van der Waals surface area contributed by atoms with Crippen LogP contribution in [0, 0.1) is 12.3 Å². The second kappa shape index (κ2) is 6.84. The van der Waals surface area contributed by atoms with E-state index in [2.05, 4.69) is 36.1 Å². The first kappa shape index (κ1) is 17.4. The molecule has 1 saturated heterocycles. The van der Waals surface area contributed by atoms with Gasteiger partial charge in [-0.15, -0.1) is 0 Å². The smallest absolute Gasteiger partial charge is 0.404 e. The minimum absolute atomic E-state index is 0.0483. The summed E-state index contributed by atoms with van der Waals surface area (Å²) in [6.45, 7) is 3.35. The summed E-state index contributed by atoms with van der Waals surface area (Å²) in [6.07, 6.45) is 4.00. The van der Waals surface area contributed by atoms with Crippen LogP contribution in [0.15, 0.2) is 4.60 Å². The van der Waals surface area contributed by atoms with Crippen LogP contribution in [0.1, 0.15) is 43.5 Å². The maximum Gasteiger partial charge on any atom is 0.404 e. The van der Waals surface area contributed by atoms with Crippen molar-refractivity contribution >= 4 is 27.8 Å². The van der Waals surface area contributed by atoms with Crippen LogP contribution in [0.25, 0.3) is 0 Å². The normalized spacial score (nSPS) is 22.8. The first-order chi connectivity index (χ1) is 11.4. The number of aryl methyl sites for hydroxylation is 1. The maximum absolute atomic E-state index is 11.0. The summed E-state index contributed by atoms with van der Waals surface area (Å²) in [4.78, 5) is 22.2. The number of rotatable bonds is 3. The Balaban J connectivity index is 1.76. The topological polar surface area (TPSA) is 98.6 Å². The molecule has 132 valence electrons. The van der Waals surface area contributed by atoms with Gasteiger partial charge in [0, 0.05) is 19.1 Å². The lowest BCUT2D eigenvalue weighted by atomic mass is 9.74. The van der Waals surface area contributed by atoms with Crippen LogP contribution in [0.4, 0.5) is 10.6 Å². The molecule has 2 fully saturated rings. The van der Waals surface area contributed by atoms with E-state index in [1.165, 1.54) is 0 Å². The molecule has 1 aromatic heterocycles. The Bertz CT molecular complexity index is 632. The van der Waals surface area contributed by atoms with Crippen LogP contribution in [0.2, 0.25) is 0 Å². The molecule has 7 nitrogen and oxygen atoms in total. The number of amides is 1. The molecule has 2 aliphatic rings. The summed E-state index contributed by atoms with van der Waals surface area (Å²) < 4.78 is 0.658. The molecule has 1 aromatic rings. The first-order valence-electron chi connectivity index (χ1n) is 8.33. The first-order valence-corrected chi connectivity index (χ1v) is 9.13. The summed E-state index contributed by atoms with van der Waals surface area (Å²) in [5, 5.41) is 21.4. The number of hydrogen-bond acceptors (Lipinski definition) is 5. The second-order valence-corrected chi connectivity index (χ2v) is 7.52. The number of anilines is 1. The van der Waals surface area contributed by atoms with Crippen molar-refractivity contribution in [2.75, 3.05) is 18.0 Å². The number of piperidine rings is 1. The predicted octanol–water partition coefficient (Wildman–Crippen LogP) is 2.45. The van der Waals surface area contributed by atoms with E-state index < -0.39 is 6.09 Å². The van der Waals surface area contributed by atoms with Crippen LogP contribution in [-0.2, 0) is 6.61 Å². The molecule has 0 bridgehead atoms. The van der Waals surface area contributed by atoms with Gasteiger partial charge in [-0.3, -0.25) is 0 Å². The molecule has 1 aliphatic carbocycles. The Kier molecular flexibility index (Phi) is 4.96. The van der Waals surface area contributed by atoms with Crippen molar-refractivity contribution in [3.63, 3.8) is 0 Å². The third-order valence-corrected chi connectivity index (χ3v) is 6.23. The van der Waals surface area contributed by atoms with Crippen molar-refractivity contribution < 1.29 is 15.0 Å². The van der Waals surface area contributed by atoms with E-state index >= 15 is 0 Å². The van der Waals surface area contributed by atoms with Crippen molar-refractivity contribution in [3.05, 3.63) is 16.0 Å². The molecule has 1 saturated carbocycles. The Morgan fingerprint density at radius 3 is 2.71 bits per heavy atom. The average molecular weight is 399 g/mol. The summed E-state index contributed by atoms with van der Waals surface area (Å²) >= 11 is 3.36. The van der Waals surface area contributed by atoms with Gasteiger partial charge in [0.15, 0.2) is 5.82 Å². The van der Waals surface area contributed by atoms with Crippen LogP contribution in [-0.4, -0.2) is 45.4 Å². The van der Waals surface area contributed by atoms with Crippen LogP contribution in [0.3, 0.4) is 0 Å². The molecule has 3 rings (SSSR count). The van der Waals surface area contributed by atoms with E-state index in [0.29, 0.717) is 10.3 Å². The van der Waals surface area contributed by atoms with Gasteiger partial charge < -0.3 is 20.4 Å². The van der Waals surface area contributed by atoms with Crippen LogP contribution < -0.4 is 10.2 Å². The Labute approximate surface area is 149 Å². The van der Waals surface area contributed by atoms with Crippen molar-refractivity contribution in [2.24, 2.45) is 5.41 Å². The fourth-order valence-electron chi connectivity index (χ4n) is 4.15. The number of hydrogen-bond donors (Lipinski definition) is 3. The van der Waals surface area contributed by atoms with E-state index in [-0.39, 0.29) is 18.1 Å². The number of nitrogens with zero attached hydrogens (tertiary/aromatic N) is 3. The molecule has 8 heteroatoms. The lowest BCUT2D eigenvalue weighted by Crippen LogP contribution is -2.50. The lowest BCUT2D eigenvalue weighted by molar-refractivity contribution is 0.149. The minimum Gasteiger partial charge on any atom is -0.465 e. The summed E-state index contributed by atoms with van der Waals surface area (Å²) in [5.74, 6) is 0.744. The van der Waals surface area contributed by atoms with Gasteiger partial charge in [-0.1, -0.05) is 6.42 Å². The monoisotopic (exact) mass is 398 g/mol. The zero-order valence-corrected chi connectivity index (χ0v) is 15.3. The molecule has 0 aromatic carbocycles. The van der Waals surface area contributed by atoms with Gasteiger partial charge in [-0.05, 0) is 54.0 Å². The fraction of sp³-hybridized carbons (Fsp3) is 0.688. The highest BCUT2D eigenvalue weighted by Crippen LogP contribution is 2.47. The van der Waals surface area contributed by atoms with E-state index in [9.17, 15) is 9.90 Å². The Morgan fingerprint density at radius 1 is 1.38 bits per heavy atom. The number of nitrogens with one attached hydrogen (secondary N) is 1. The van der Waals surface area contributed by atoms with Crippen molar-refractivity contribution in [3.8, 4) is 0 Å². The molecule has 3 N–H and O–H groups in total. The number of aliphatic hydroxyl groups is 1. The van der Waals surface area contributed by atoms with Crippen molar-refractivity contribution in [1.82, 2.24) is 15.3 Å². The van der Waals surface area contributed by atoms with Gasteiger partial charge in [0.05, 0.1) is 12.3 Å². The molecule has 0 radical (unpaired) electrons. The standard InChI is InChI=1S/C16H23BrN4O3/c1-10-13(17)19-11(9-22)14(18-10)21-7-5-16(6-8-21)4-2-3-12(16)20-15(23)24/h12,20,22H,2-9H2,1H3,(H,23,24)/t12-/m1/s1. The fourth-order valence-corrected chi connectivity index (χ4v) is 4.46. The minimum atomic E-state index is -0.930. The van der Waals surface area contributed by atoms with Gasteiger partial charge >= 0.3 is 6.09 Å². The van der Waals surface area contributed by atoms with Gasteiger partial charge in [-0.25, -0.2) is 14.8 Å². The van der Waals surface area contributed by atoms with Crippen molar-refractivity contribution in [2.45, 2.75) is 51.7 Å². The van der Waals surface area contributed by atoms with E-state index in [4.69, 9.17) is 5.11 Å². The van der Waals surface area contributed by atoms with Gasteiger partial charge in [0.2, 0.25) is 0 Å². The van der Waals surface area contributed by atoms with Gasteiger partial charge in [-0.2, -0.15) is 0 Å². The number of carboxylic acid groups (broad SMARTS) is 1. The molecule has 0 unspecified atom stereocenters. The highest BCUT2D eigenvalue weighted by atomic mass is 79.9. The molecule has 1 atom stereocenters. The van der Waals surface area contributed by atoms with Gasteiger partial charge in [0.25, 0.3) is 0 Å². The third kappa shape index (κ3) is 3.21. The molecule has 24 heavy (non-hydrogen) atoms. The van der Waals surface area contributed by atoms with Crippen molar-refractivity contribution in [1.29, 1.82) is 0 Å². The number of halogens is 1. The maximum atomic E-state index is 11.0. The molecular weight excluding hydrogens is 376 g/mol. The molecule has 1 amide bonds. The van der Waals surface area contributed by atoms with Crippen LogP contribution in [0.5, 0.6) is 0 Å². The highest BCUT2D eigenvalue weighted by Gasteiger charge is 2.45. The third-order valence-electron chi connectivity index (χ3n) is 5.48. The predicted molar refractivity (Wildman–Crippen MR) is 93.1 cm³/mol. The largest absolute Gasteiger partial charge is 0.465 e. The quantitative estimate of drug-likeness (QED) is 0.722. The van der Waals surface area contributed by atoms with Crippen LogP contribution >= 0.6 is 15.9 Å². The molecule has 1 aliphatic heterocycles. The number of aromatic nitrogens is 2. The van der Waals surface area contributed by atoms with E-state index in [0.717, 1.165) is 56.7 Å². The summed E-state index contributed by atoms with van der Waals surface area (Å²) in [7, 11) is 0. The second-order valence-electron chi connectivity index (χ2n) is 6.77. The molecule has 1 spiro atoms. The zero-order chi connectivity index (χ0) is 17.3. The zero-order valence-electron chi connectivity index (χ0n) is 13.8. The summed E-state index contributed by atoms with van der Waals surface area (Å²) in [5.41, 5.74) is 1.44. The number of aliphatic hydroxyl groups excluding tert-OH is 1. The highest BCUT2D eigenvalue weighted by molar-refractivity contribution is 9.10. The number of carbonyl (C=O) groups is 1. The Morgan fingerprint density at radius 2 is 2.08 bits per heavy atom. The lowest BCUT2D eigenvalue weighted by Gasteiger charge is -2.43. The molecule has 2 heterocycles. The Hall–Kier alpha value is -1.41. The van der Waals surface area contributed by atoms with E-state index in [1.54, 1.807) is 0 Å². The average Bonchev–Trinajstić information content (AvgIpc) is 2.92.